The number of methoxy groups -OCH3 is 1. The number of aliphatic hydroxyl groups excluding tert-OH is 1. The zero-order chi connectivity index (χ0) is 15.1. The molecule has 21 heavy (non-hydrogen) atoms. The monoisotopic (exact) mass is 296 g/mol. The minimum atomic E-state index is -0.0622. The molecule has 0 saturated carbocycles. The molecule has 7 nitrogen and oxygen atoms in total. The Bertz CT molecular complexity index is 438. The van der Waals surface area contributed by atoms with E-state index in [-0.39, 0.29) is 12.6 Å². The molecule has 0 bridgehead atoms. The number of ether oxygens (including phenoxy) is 2. The van der Waals surface area contributed by atoms with Crippen molar-refractivity contribution in [2.45, 2.75) is 19.6 Å². The second-order valence-corrected chi connectivity index (χ2v) is 5.18. The topological polar surface area (TPSA) is 79.7 Å². The van der Waals surface area contributed by atoms with E-state index in [1.165, 1.54) is 0 Å². The van der Waals surface area contributed by atoms with Gasteiger partial charge in [0.15, 0.2) is 5.82 Å². The van der Waals surface area contributed by atoms with Crippen LogP contribution in [-0.2, 0) is 16.1 Å². The van der Waals surface area contributed by atoms with Gasteiger partial charge >= 0.3 is 0 Å². The van der Waals surface area contributed by atoms with Crippen LogP contribution in [0.4, 0.5) is 5.82 Å². The Morgan fingerprint density at radius 1 is 1.43 bits per heavy atom. The summed E-state index contributed by atoms with van der Waals surface area (Å²) in [4.78, 5) is 11.0. The molecule has 2 N–H and O–H groups in total. The SMILES string of the molecule is COCc1nc(C)cc(NC(CO)CN2CCOCC2)n1. The fourth-order valence-corrected chi connectivity index (χ4v) is 2.35. The van der Waals surface area contributed by atoms with Crippen LogP contribution >= 0.6 is 0 Å². The van der Waals surface area contributed by atoms with Crippen molar-refractivity contribution in [3.8, 4) is 0 Å². The van der Waals surface area contributed by atoms with Crippen molar-refractivity contribution in [2.75, 3.05) is 51.9 Å². The lowest BCUT2D eigenvalue weighted by molar-refractivity contribution is 0.0335. The van der Waals surface area contributed by atoms with Crippen LogP contribution in [0.3, 0.4) is 0 Å². The highest BCUT2D eigenvalue weighted by atomic mass is 16.5. The van der Waals surface area contributed by atoms with Gasteiger partial charge in [0.05, 0.1) is 25.9 Å². The van der Waals surface area contributed by atoms with Gasteiger partial charge in [-0.3, -0.25) is 4.90 Å². The minimum absolute atomic E-state index is 0.0556. The van der Waals surface area contributed by atoms with Gasteiger partial charge in [-0.25, -0.2) is 9.97 Å². The standard InChI is InChI=1S/C14H24N4O3/c1-11-7-13(17-14(15-11)10-20-2)16-12(9-19)8-18-3-5-21-6-4-18/h7,12,19H,3-6,8-10H2,1-2H3,(H,15,16,17). The number of aliphatic hydroxyl groups is 1. The predicted molar refractivity (Wildman–Crippen MR) is 79.2 cm³/mol. The van der Waals surface area contributed by atoms with Gasteiger partial charge in [-0.1, -0.05) is 0 Å². The number of morpholine rings is 1. The van der Waals surface area contributed by atoms with Crippen molar-refractivity contribution < 1.29 is 14.6 Å². The summed E-state index contributed by atoms with van der Waals surface area (Å²) in [6, 6.07) is 1.81. The van der Waals surface area contributed by atoms with Crippen molar-refractivity contribution in [3.05, 3.63) is 17.6 Å². The van der Waals surface area contributed by atoms with Gasteiger partial charge in [0.25, 0.3) is 0 Å². The number of nitrogens with one attached hydrogen (secondary N) is 1. The zero-order valence-electron chi connectivity index (χ0n) is 12.7. The molecule has 0 amide bonds. The second kappa shape index (κ2) is 8.23. The molecule has 1 aliphatic rings. The molecule has 1 unspecified atom stereocenters. The summed E-state index contributed by atoms with van der Waals surface area (Å²) in [5.41, 5.74) is 0.877. The van der Waals surface area contributed by atoms with E-state index < -0.39 is 0 Å². The van der Waals surface area contributed by atoms with Crippen LogP contribution in [0.25, 0.3) is 0 Å². The Labute approximate surface area is 125 Å². The first-order valence-electron chi connectivity index (χ1n) is 7.22. The molecular weight excluding hydrogens is 272 g/mol. The highest BCUT2D eigenvalue weighted by Gasteiger charge is 2.17. The molecule has 1 aliphatic heterocycles. The van der Waals surface area contributed by atoms with Gasteiger partial charge in [0, 0.05) is 38.5 Å². The first-order valence-corrected chi connectivity index (χ1v) is 7.22. The molecule has 1 fully saturated rings. The Balaban J connectivity index is 1.96. The highest BCUT2D eigenvalue weighted by Crippen LogP contribution is 2.10. The van der Waals surface area contributed by atoms with E-state index in [0.29, 0.717) is 12.4 Å². The van der Waals surface area contributed by atoms with Crippen molar-refractivity contribution in [2.24, 2.45) is 0 Å². The van der Waals surface area contributed by atoms with E-state index in [9.17, 15) is 5.11 Å². The van der Waals surface area contributed by atoms with Gasteiger partial charge in [-0.15, -0.1) is 0 Å². The first kappa shape index (κ1) is 16.1. The van der Waals surface area contributed by atoms with Crippen LogP contribution < -0.4 is 5.32 Å². The zero-order valence-corrected chi connectivity index (χ0v) is 12.7. The van der Waals surface area contributed by atoms with E-state index in [4.69, 9.17) is 9.47 Å². The Morgan fingerprint density at radius 3 is 2.86 bits per heavy atom. The van der Waals surface area contributed by atoms with Crippen LogP contribution in [-0.4, -0.2) is 72.6 Å². The molecule has 7 heteroatoms. The Hall–Kier alpha value is -1.28. The van der Waals surface area contributed by atoms with Crippen molar-refractivity contribution in [1.82, 2.24) is 14.9 Å². The van der Waals surface area contributed by atoms with Gasteiger partial charge in [0.2, 0.25) is 0 Å². The van der Waals surface area contributed by atoms with E-state index >= 15 is 0 Å². The molecule has 1 atom stereocenters. The minimum Gasteiger partial charge on any atom is -0.394 e. The molecular formula is C14H24N4O3. The number of anilines is 1. The third-order valence-corrected chi connectivity index (χ3v) is 3.33. The quantitative estimate of drug-likeness (QED) is 0.735. The van der Waals surface area contributed by atoms with Gasteiger partial charge < -0.3 is 19.9 Å². The maximum atomic E-state index is 9.57. The van der Waals surface area contributed by atoms with Crippen molar-refractivity contribution >= 4 is 5.82 Å². The average Bonchev–Trinajstić information content (AvgIpc) is 2.47. The lowest BCUT2D eigenvalue weighted by Crippen LogP contribution is -2.44. The number of rotatable bonds is 7. The highest BCUT2D eigenvalue weighted by molar-refractivity contribution is 5.37. The summed E-state index contributed by atoms with van der Waals surface area (Å²) in [6.45, 7) is 6.42. The second-order valence-electron chi connectivity index (χ2n) is 5.18. The van der Waals surface area contributed by atoms with E-state index in [0.717, 1.165) is 44.4 Å². The summed E-state index contributed by atoms with van der Waals surface area (Å²) in [5.74, 6) is 1.37. The maximum Gasteiger partial charge on any atom is 0.156 e. The summed E-state index contributed by atoms with van der Waals surface area (Å²) in [7, 11) is 1.62. The molecule has 118 valence electrons. The van der Waals surface area contributed by atoms with Crippen LogP contribution in [0.5, 0.6) is 0 Å². The summed E-state index contributed by atoms with van der Waals surface area (Å²) in [6.07, 6.45) is 0. The first-order chi connectivity index (χ1) is 10.2. The summed E-state index contributed by atoms with van der Waals surface area (Å²) < 4.78 is 10.4. The fourth-order valence-electron chi connectivity index (χ4n) is 2.35. The van der Waals surface area contributed by atoms with Gasteiger partial charge in [-0.05, 0) is 6.92 Å². The lowest BCUT2D eigenvalue weighted by atomic mass is 10.2. The largest absolute Gasteiger partial charge is 0.394 e. The molecule has 0 aromatic carbocycles. The number of nitrogens with zero attached hydrogens (tertiary/aromatic N) is 3. The lowest BCUT2D eigenvalue weighted by Gasteiger charge is -2.30. The normalized spacial score (nSPS) is 17.7. The predicted octanol–water partition coefficient (Wildman–Crippen LogP) is 0.0364. The number of aryl methyl sites for hydroxylation is 1. The molecule has 2 rings (SSSR count). The van der Waals surface area contributed by atoms with Crippen LogP contribution in [0.15, 0.2) is 6.07 Å². The molecule has 0 radical (unpaired) electrons. The number of aromatic nitrogens is 2. The fraction of sp³-hybridized carbons (Fsp3) is 0.714. The van der Waals surface area contributed by atoms with Gasteiger partial charge in [-0.2, -0.15) is 0 Å². The Kier molecular flexibility index (Phi) is 6.31. The summed E-state index contributed by atoms with van der Waals surface area (Å²) in [5, 5.41) is 12.8. The van der Waals surface area contributed by atoms with Gasteiger partial charge in [0.1, 0.15) is 12.4 Å². The van der Waals surface area contributed by atoms with E-state index in [1.807, 2.05) is 13.0 Å². The van der Waals surface area contributed by atoms with E-state index in [1.54, 1.807) is 7.11 Å². The summed E-state index contributed by atoms with van der Waals surface area (Å²) >= 11 is 0. The molecule has 1 aromatic heterocycles. The van der Waals surface area contributed by atoms with E-state index in [2.05, 4.69) is 20.2 Å². The molecule has 0 spiro atoms. The van der Waals surface area contributed by atoms with Crippen molar-refractivity contribution in [3.63, 3.8) is 0 Å². The third-order valence-electron chi connectivity index (χ3n) is 3.33. The van der Waals surface area contributed by atoms with Crippen LogP contribution in [0.2, 0.25) is 0 Å². The van der Waals surface area contributed by atoms with Crippen LogP contribution in [0.1, 0.15) is 11.5 Å². The Morgan fingerprint density at radius 2 is 2.19 bits per heavy atom. The average molecular weight is 296 g/mol. The van der Waals surface area contributed by atoms with Crippen LogP contribution in [0, 0.1) is 6.92 Å². The van der Waals surface area contributed by atoms with Crippen molar-refractivity contribution in [1.29, 1.82) is 0 Å². The molecule has 1 aromatic rings. The smallest absolute Gasteiger partial charge is 0.156 e. The molecule has 0 aliphatic carbocycles. The third kappa shape index (κ3) is 5.20. The maximum absolute atomic E-state index is 9.57. The number of hydrogen-bond donors (Lipinski definition) is 2. The molecule has 1 saturated heterocycles. The number of hydrogen-bond acceptors (Lipinski definition) is 7. The molecule has 2 heterocycles.